The number of nitro groups is 1. The molecule has 0 aliphatic rings. The molecule has 1 heterocycles. The van der Waals surface area contributed by atoms with Gasteiger partial charge in [0.05, 0.1) is 23.2 Å². The molecule has 0 saturated carbocycles. The van der Waals surface area contributed by atoms with E-state index in [-0.39, 0.29) is 22.8 Å². The van der Waals surface area contributed by atoms with Crippen LogP contribution in [0.3, 0.4) is 0 Å². The van der Waals surface area contributed by atoms with Gasteiger partial charge < -0.3 is 14.8 Å². The number of nitrogens with zero attached hydrogens (tertiary/aromatic N) is 3. The summed E-state index contributed by atoms with van der Waals surface area (Å²) >= 11 is 0. The summed E-state index contributed by atoms with van der Waals surface area (Å²) in [6, 6.07) is 9.62. The Hall–Kier alpha value is -4.22. The number of halogens is 3. The van der Waals surface area contributed by atoms with Crippen molar-refractivity contribution in [3.05, 3.63) is 76.1 Å². The Bertz CT molecular complexity index is 1120. The van der Waals surface area contributed by atoms with Crippen molar-refractivity contribution in [2.45, 2.75) is 6.18 Å². The van der Waals surface area contributed by atoms with Crippen LogP contribution in [0.25, 0.3) is 0 Å². The Morgan fingerprint density at radius 1 is 1.13 bits per heavy atom. The number of hydrogen-bond donors (Lipinski definition) is 1. The van der Waals surface area contributed by atoms with E-state index in [1.807, 2.05) is 0 Å². The molecule has 0 fully saturated rings. The largest absolute Gasteiger partial charge is 0.465 e. The molecule has 9 nitrogen and oxygen atoms in total. The van der Waals surface area contributed by atoms with Crippen molar-refractivity contribution in [2.75, 3.05) is 12.4 Å². The first-order valence-corrected chi connectivity index (χ1v) is 8.49. The molecule has 0 radical (unpaired) electrons. The molecule has 160 valence electrons. The standard InChI is InChI=1S/C19H13F3N4O5/c1-30-18(27)11-5-7-14(8-6-11)31-17-15(26(28)29)16(23-10-24-17)25-13-4-2-3-12(9-13)19(20,21)22/h2-10H,1H3,(H,23,24,25). The van der Waals surface area contributed by atoms with Crippen molar-refractivity contribution in [3.63, 3.8) is 0 Å². The summed E-state index contributed by atoms with van der Waals surface area (Å²) in [7, 11) is 1.22. The van der Waals surface area contributed by atoms with E-state index in [2.05, 4.69) is 20.0 Å². The molecule has 0 aliphatic carbocycles. The summed E-state index contributed by atoms with van der Waals surface area (Å²) in [5, 5.41) is 14.1. The van der Waals surface area contributed by atoms with Gasteiger partial charge in [0.2, 0.25) is 5.82 Å². The van der Waals surface area contributed by atoms with Gasteiger partial charge in [0.15, 0.2) is 0 Å². The van der Waals surface area contributed by atoms with Gasteiger partial charge in [-0.25, -0.2) is 9.78 Å². The SMILES string of the molecule is COC(=O)c1ccc(Oc2ncnc(Nc3cccc(C(F)(F)F)c3)c2[N+](=O)[O-])cc1. The van der Waals surface area contributed by atoms with Gasteiger partial charge in [-0.05, 0) is 42.5 Å². The highest BCUT2D eigenvalue weighted by Gasteiger charge is 2.31. The number of nitrogens with one attached hydrogen (secondary N) is 1. The number of aromatic nitrogens is 2. The summed E-state index contributed by atoms with van der Waals surface area (Å²) in [5.74, 6) is -1.26. The number of carbonyl (C=O) groups is 1. The third kappa shape index (κ3) is 5.04. The molecule has 3 rings (SSSR count). The average molecular weight is 434 g/mol. The number of benzene rings is 2. The molecule has 2 aromatic carbocycles. The Balaban J connectivity index is 1.91. The predicted octanol–water partition coefficient (Wildman–Crippen LogP) is 4.73. The second-order valence-electron chi connectivity index (χ2n) is 5.95. The highest BCUT2D eigenvalue weighted by molar-refractivity contribution is 5.89. The molecule has 0 atom stereocenters. The van der Waals surface area contributed by atoms with Crippen LogP contribution in [0.15, 0.2) is 54.9 Å². The van der Waals surface area contributed by atoms with E-state index in [0.29, 0.717) is 0 Å². The molecule has 1 N–H and O–H groups in total. The Morgan fingerprint density at radius 2 is 1.84 bits per heavy atom. The van der Waals surface area contributed by atoms with E-state index >= 15 is 0 Å². The quantitative estimate of drug-likeness (QED) is 0.336. The molecular weight excluding hydrogens is 421 g/mol. The van der Waals surface area contributed by atoms with Crippen LogP contribution in [0.5, 0.6) is 11.6 Å². The average Bonchev–Trinajstić information content (AvgIpc) is 2.73. The summed E-state index contributed by atoms with van der Waals surface area (Å²) in [6.45, 7) is 0. The van der Waals surface area contributed by atoms with Crippen LogP contribution >= 0.6 is 0 Å². The second kappa shape index (κ2) is 8.65. The fourth-order valence-electron chi connectivity index (χ4n) is 2.49. The topological polar surface area (TPSA) is 116 Å². The van der Waals surface area contributed by atoms with Crippen LogP contribution in [0.1, 0.15) is 15.9 Å². The maximum Gasteiger partial charge on any atom is 0.416 e. The number of anilines is 2. The number of ether oxygens (including phenoxy) is 2. The number of carbonyl (C=O) groups excluding carboxylic acids is 1. The predicted molar refractivity (Wildman–Crippen MR) is 101 cm³/mol. The Morgan fingerprint density at radius 3 is 2.45 bits per heavy atom. The van der Waals surface area contributed by atoms with Gasteiger partial charge in [-0.15, -0.1) is 0 Å². The summed E-state index contributed by atoms with van der Waals surface area (Å²) < 4.78 is 48.7. The fraction of sp³-hybridized carbons (Fsp3) is 0.105. The van der Waals surface area contributed by atoms with Crippen molar-refractivity contribution in [1.29, 1.82) is 0 Å². The van der Waals surface area contributed by atoms with Gasteiger partial charge >= 0.3 is 23.7 Å². The first-order chi connectivity index (χ1) is 14.7. The Labute approximate surface area is 172 Å². The minimum absolute atomic E-state index is 0.0648. The first kappa shape index (κ1) is 21.5. The first-order valence-electron chi connectivity index (χ1n) is 8.49. The zero-order valence-corrected chi connectivity index (χ0v) is 15.7. The molecule has 0 spiro atoms. The van der Waals surface area contributed by atoms with Gasteiger partial charge in [-0.2, -0.15) is 18.2 Å². The van der Waals surface area contributed by atoms with E-state index in [1.165, 1.54) is 37.4 Å². The maximum atomic E-state index is 12.9. The molecule has 31 heavy (non-hydrogen) atoms. The van der Waals surface area contributed by atoms with Gasteiger partial charge in [0.1, 0.15) is 12.1 Å². The van der Waals surface area contributed by atoms with Crippen LogP contribution in [0.4, 0.5) is 30.4 Å². The van der Waals surface area contributed by atoms with Crippen molar-refractivity contribution in [3.8, 4) is 11.6 Å². The lowest BCUT2D eigenvalue weighted by Gasteiger charge is -2.11. The molecule has 3 aromatic rings. The van der Waals surface area contributed by atoms with Crippen LogP contribution < -0.4 is 10.1 Å². The maximum absolute atomic E-state index is 12.9. The summed E-state index contributed by atoms with van der Waals surface area (Å²) in [6.07, 6.45) is -3.62. The highest BCUT2D eigenvalue weighted by atomic mass is 19.4. The van der Waals surface area contributed by atoms with Crippen LogP contribution in [0, 0.1) is 10.1 Å². The molecule has 1 aromatic heterocycles. The number of methoxy groups -OCH3 is 1. The number of rotatable bonds is 6. The minimum atomic E-state index is -4.58. The number of alkyl halides is 3. The van der Waals surface area contributed by atoms with Crippen LogP contribution in [-0.4, -0.2) is 28.0 Å². The monoisotopic (exact) mass is 434 g/mol. The molecule has 12 heteroatoms. The molecular formula is C19H13F3N4O5. The summed E-state index contributed by atoms with van der Waals surface area (Å²) in [5.41, 5.74) is -1.45. The Kier molecular flexibility index (Phi) is 6.00. The lowest BCUT2D eigenvalue weighted by atomic mass is 10.2. The zero-order chi connectivity index (χ0) is 22.6. The third-order valence-corrected chi connectivity index (χ3v) is 3.91. The smallest absolute Gasteiger partial charge is 0.416 e. The second-order valence-corrected chi connectivity index (χ2v) is 5.95. The molecule has 0 saturated heterocycles. The van der Waals surface area contributed by atoms with Gasteiger partial charge in [-0.3, -0.25) is 10.1 Å². The number of hydrogen-bond acceptors (Lipinski definition) is 8. The summed E-state index contributed by atoms with van der Waals surface area (Å²) in [4.78, 5) is 29.7. The van der Waals surface area contributed by atoms with Gasteiger partial charge in [0.25, 0.3) is 0 Å². The highest BCUT2D eigenvalue weighted by Crippen LogP contribution is 2.36. The van der Waals surface area contributed by atoms with Gasteiger partial charge in [-0.1, -0.05) is 6.07 Å². The molecule has 0 amide bonds. The lowest BCUT2D eigenvalue weighted by molar-refractivity contribution is -0.385. The molecule has 0 aliphatic heterocycles. The van der Waals surface area contributed by atoms with Crippen molar-refractivity contribution >= 4 is 23.2 Å². The van der Waals surface area contributed by atoms with Crippen LogP contribution in [-0.2, 0) is 10.9 Å². The molecule has 0 unspecified atom stereocenters. The minimum Gasteiger partial charge on any atom is -0.465 e. The van der Waals surface area contributed by atoms with Gasteiger partial charge in [0, 0.05) is 5.69 Å². The number of esters is 1. The lowest BCUT2D eigenvalue weighted by Crippen LogP contribution is -2.07. The van der Waals surface area contributed by atoms with Crippen molar-refractivity contribution in [1.82, 2.24) is 9.97 Å². The van der Waals surface area contributed by atoms with E-state index < -0.39 is 34.2 Å². The molecule has 0 bridgehead atoms. The van der Waals surface area contributed by atoms with E-state index in [9.17, 15) is 28.1 Å². The van der Waals surface area contributed by atoms with E-state index in [0.717, 1.165) is 24.5 Å². The normalized spacial score (nSPS) is 11.0. The van der Waals surface area contributed by atoms with E-state index in [1.54, 1.807) is 0 Å². The zero-order valence-electron chi connectivity index (χ0n) is 15.7. The third-order valence-electron chi connectivity index (χ3n) is 3.91. The fourth-order valence-corrected chi connectivity index (χ4v) is 2.49. The van der Waals surface area contributed by atoms with Crippen molar-refractivity contribution in [2.24, 2.45) is 0 Å². The van der Waals surface area contributed by atoms with Crippen molar-refractivity contribution < 1.29 is 32.4 Å². The van der Waals surface area contributed by atoms with E-state index in [4.69, 9.17) is 4.74 Å². The van der Waals surface area contributed by atoms with Crippen LogP contribution in [0.2, 0.25) is 0 Å².